The van der Waals surface area contributed by atoms with Crippen LogP contribution in [0.4, 0.5) is 0 Å². The molecule has 6 nitrogen and oxygen atoms in total. The number of benzene rings is 1. The molecule has 104 valence electrons. The minimum atomic E-state index is -1.16. The SMILES string of the molecule is N=C(N)NC(C(=O)O)c1nc(-c2ccccc2)sc1Br. The third kappa shape index (κ3) is 3.14. The monoisotopic (exact) mass is 354 g/mol. The van der Waals surface area contributed by atoms with Crippen LogP contribution in [0.25, 0.3) is 10.6 Å². The Morgan fingerprint density at radius 1 is 1.45 bits per heavy atom. The molecule has 1 unspecified atom stereocenters. The third-order valence-electron chi connectivity index (χ3n) is 2.45. The van der Waals surface area contributed by atoms with E-state index in [1.807, 2.05) is 30.3 Å². The molecular weight excluding hydrogens is 344 g/mol. The maximum absolute atomic E-state index is 11.3. The van der Waals surface area contributed by atoms with E-state index in [1.54, 1.807) is 0 Å². The van der Waals surface area contributed by atoms with Crippen molar-refractivity contribution >= 4 is 39.2 Å². The van der Waals surface area contributed by atoms with E-state index in [0.29, 0.717) is 14.5 Å². The summed E-state index contributed by atoms with van der Waals surface area (Å²) in [6.07, 6.45) is 0. The first-order valence-corrected chi connectivity index (χ1v) is 7.15. The molecule has 0 spiro atoms. The van der Waals surface area contributed by atoms with Gasteiger partial charge in [-0.3, -0.25) is 5.41 Å². The van der Waals surface area contributed by atoms with Crippen molar-refractivity contribution in [2.24, 2.45) is 5.73 Å². The van der Waals surface area contributed by atoms with Crippen molar-refractivity contribution in [1.82, 2.24) is 10.3 Å². The van der Waals surface area contributed by atoms with Gasteiger partial charge in [-0.15, -0.1) is 11.3 Å². The van der Waals surface area contributed by atoms with Gasteiger partial charge in [0.05, 0.1) is 3.79 Å². The van der Waals surface area contributed by atoms with Crippen LogP contribution in [0.15, 0.2) is 34.1 Å². The van der Waals surface area contributed by atoms with E-state index in [-0.39, 0.29) is 0 Å². The first-order valence-electron chi connectivity index (χ1n) is 5.54. The number of rotatable bonds is 4. The van der Waals surface area contributed by atoms with Gasteiger partial charge < -0.3 is 16.2 Å². The fraction of sp³-hybridized carbons (Fsp3) is 0.0833. The van der Waals surface area contributed by atoms with E-state index in [2.05, 4.69) is 26.2 Å². The Kier molecular flexibility index (Phi) is 4.35. The summed E-state index contributed by atoms with van der Waals surface area (Å²) in [7, 11) is 0. The summed E-state index contributed by atoms with van der Waals surface area (Å²) in [6.45, 7) is 0. The van der Waals surface area contributed by atoms with Gasteiger partial charge >= 0.3 is 5.97 Å². The maximum atomic E-state index is 11.3. The van der Waals surface area contributed by atoms with Gasteiger partial charge in [-0.25, -0.2) is 9.78 Å². The second-order valence-electron chi connectivity index (χ2n) is 3.87. The molecule has 2 aromatic rings. The third-order valence-corrected chi connectivity index (χ3v) is 4.25. The van der Waals surface area contributed by atoms with Crippen molar-refractivity contribution in [2.75, 3.05) is 0 Å². The first kappa shape index (κ1) is 14.5. The van der Waals surface area contributed by atoms with Gasteiger partial charge in [0.25, 0.3) is 0 Å². The van der Waals surface area contributed by atoms with Crippen LogP contribution in [0.2, 0.25) is 0 Å². The summed E-state index contributed by atoms with van der Waals surface area (Å²) >= 11 is 4.65. The molecule has 1 aromatic heterocycles. The lowest BCUT2D eigenvalue weighted by Gasteiger charge is -2.12. The topological polar surface area (TPSA) is 112 Å². The number of carboxylic acids is 1. The molecule has 0 fully saturated rings. The van der Waals surface area contributed by atoms with Crippen LogP contribution < -0.4 is 11.1 Å². The predicted molar refractivity (Wildman–Crippen MR) is 80.7 cm³/mol. The van der Waals surface area contributed by atoms with Crippen LogP contribution in [0.3, 0.4) is 0 Å². The summed E-state index contributed by atoms with van der Waals surface area (Å²) in [6, 6.07) is 8.28. The molecule has 0 amide bonds. The summed E-state index contributed by atoms with van der Waals surface area (Å²) in [4.78, 5) is 15.6. The van der Waals surface area contributed by atoms with Crippen LogP contribution in [0.1, 0.15) is 11.7 Å². The summed E-state index contributed by atoms with van der Waals surface area (Å²) in [5, 5.41) is 19.5. The molecule has 1 atom stereocenters. The predicted octanol–water partition coefficient (Wildman–Crippen LogP) is 2.18. The lowest BCUT2D eigenvalue weighted by Crippen LogP contribution is -2.38. The van der Waals surface area contributed by atoms with E-state index >= 15 is 0 Å². The molecule has 1 aromatic carbocycles. The number of hydrogen-bond donors (Lipinski definition) is 4. The lowest BCUT2D eigenvalue weighted by molar-refractivity contribution is -0.139. The Morgan fingerprint density at radius 3 is 2.65 bits per heavy atom. The number of aromatic nitrogens is 1. The van der Waals surface area contributed by atoms with Crippen molar-refractivity contribution < 1.29 is 9.90 Å². The quantitative estimate of drug-likeness (QED) is 0.496. The molecule has 20 heavy (non-hydrogen) atoms. The summed E-state index contributed by atoms with van der Waals surface area (Å²) in [5.41, 5.74) is 6.41. The Labute approximate surface area is 127 Å². The van der Waals surface area contributed by atoms with Crippen LogP contribution in [0.5, 0.6) is 0 Å². The average Bonchev–Trinajstić information content (AvgIpc) is 2.78. The highest BCUT2D eigenvalue weighted by atomic mass is 79.9. The molecule has 1 heterocycles. The Morgan fingerprint density at radius 2 is 2.10 bits per heavy atom. The molecule has 2 rings (SSSR count). The van der Waals surface area contributed by atoms with Crippen molar-refractivity contribution in [3.8, 4) is 10.6 Å². The highest BCUT2D eigenvalue weighted by Crippen LogP contribution is 2.34. The van der Waals surface area contributed by atoms with Gasteiger partial charge in [-0.2, -0.15) is 0 Å². The maximum Gasteiger partial charge on any atom is 0.332 e. The lowest BCUT2D eigenvalue weighted by atomic mass is 10.2. The summed E-state index contributed by atoms with van der Waals surface area (Å²) in [5.74, 6) is -1.57. The van der Waals surface area contributed by atoms with Gasteiger partial charge in [0, 0.05) is 5.56 Å². The van der Waals surface area contributed by atoms with Crippen LogP contribution >= 0.6 is 27.3 Å². The minimum absolute atomic E-state index is 0.302. The number of hydrogen-bond acceptors (Lipinski definition) is 4. The minimum Gasteiger partial charge on any atom is -0.479 e. The molecule has 5 N–H and O–H groups in total. The standard InChI is InChI=1S/C12H11BrN4O2S/c13-9-7(8(11(18)19)17-12(14)15)16-10(20-9)6-4-2-1-3-5-6/h1-5,8H,(H,18,19)(H4,14,15,17). The van der Waals surface area contributed by atoms with E-state index in [9.17, 15) is 9.90 Å². The van der Waals surface area contributed by atoms with E-state index in [1.165, 1.54) is 11.3 Å². The highest BCUT2D eigenvalue weighted by molar-refractivity contribution is 9.11. The normalized spacial score (nSPS) is 11.8. The molecule has 0 aliphatic rings. The number of nitrogens with two attached hydrogens (primary N) is 1. The fourth-order valence-corrected chi connectivity index (χ4v) is 3.21. The molecule has 0 saturated heterocycles. The van der Waals surface area contributed by atoms with Crippen molar-refractivity contribution in [1.29, 1.82) is 5.41 Å². The number of nitrogens with one attached hydrogen (secondary N) is 2. The molecule has 0 radical (unpaired) electrons. The van der Waals surface area contributed by atoms with Gasteiger partial charge in [0.2, 0.25) is 0 Å². The number of thiazole rings is 1. The van der Waals surface area contributed by atoms with E-state index in [0.717, 1.165) is 5.56 Å². The zero-order valence-electron chi connectivity index (χ0n) is 10.1. The number of carbonyl (C=O) groups is 1. The molecular formula is C12H11BrN4O2S. The van der Waals surface area contributed by atoms with Crippen LogP contribution in [-0.4, -0.2) is 22.0 Å². The smallest absolute Gasteiger partial charge is 0.332 e. The van der Waals surface area contributed by atoms with E-state index < -0.39 is 18.0 Å². The largest absolute Gasteiger partial charge is 0.479 e. The van der Waals surface area contributed by atoms with Gasteiger partial charge in [-0.1, -0.05) is 30.3 Å². The number of carboxylic acid groups (broad SMARTS) is 1. The second-order valence-corrected chi connectivity index (χ2v) is 6.19. The van der Waals surface area contributed by atoms with E-state index in [4.69, 9.17) is 11.1 Å². The summed E-state index contributed by atoms with van der Waals surface area (Å²) < 4.78 is 0.595. The van der Waals surface area contributed by atoms with Crippen LogP contribution in [-0.2, 0) is 4.79 Å². The average molecular weight is 355 g/mol. The fourth-order valence-electron chi connectivity index (χ4n) is 1.60. The first-order chi connectivity index (χ1) is 9.49. The number of nitrogens with zero attached hydrogens (tertiary/aromatic N) is 1. The Hall–Kier alpha value is -1.93. The number of aliphatic carboxylic acids is 1. The van der Waals surface area contributed by atoms with Crippen LogP contribution in [0, 0.1) is 5.41 Å². The zero-order valence-corrected chi connectivity index (χ0v) is 12.5. The van der Waals surface area contributed by atoms with Crippen molar-refractivity contribution in [3.63, 3.8) is 0 Å². The Balaban J connectivity index is 2.40. The molecule has 0 saturated carbocycles. The number of halogens is 1. The van der Waals surface area contributed by atoms with Crippen molar-refractivity contribution in [3.05, 3.63) is 39.8 Å². The zero-order chi connectivity index (χ0) is 14.7. The molecule has 8 heteroatoms. The second kappa shape index (κ2) is 6.02. The molecule has 0 bridgehead atoms. The number of guanidine groups is 1. The molecule has 0 aliphatic carbocycles. The van der Waals surface area contributed by atoms with Gasteiger partial charge in [-0.05, 0) is 15.9 Å². The Bertz CT molecular complexity index is 644. The molecule has 0 aliphatic heterocycles. The van der Waals surface area contributed by atoms with Gasteiger partial charge in [0.15, 0.2) is 12.0 Å². The van der Waals surface area contributed by atoms with Crippen molar-refractivity contribution in [2.45, 2.75) is 6.04 Å². The highest BCUT2D eigenvalue weighted by Gasteiger charge is 2.26. The van der Waals surface area contributed by atoms with Gasteiger partial charge in [0.1, 0.15) is 10.7 Å².